The van der Waals surface area contributed by atoms with E-state index in [9.17, 15) is 9.59 Å². The molecule has 1 aliphatic rings. The molecule has 2 heterocycles. The number of methoxy groups -OCH3 is 1. The van der Waals surface area contributed by atoms with Crippen LogP contribution in [-0.2, 0) is 6.54 Å². The van der Waals surface area contributed by atoms with E-state index in [0.29, 0.717) is 24.7 Å². The van der Waals surface area contributed by atoms with Crippen molar-refractivity contribution in [3.05, 3.63) is 87.7 Å². The molecule has 0 bridgehead atoms. The molecule has 0 saturated heterocycles. The molecule has 0 radical (unpaired) electrons. The van der Waals surface area contributed by atoms with Gasteiger partial charge in [0, 0.05) is 24.2 Å². The largest absolute Gasteiger partial charge is 0.497 e. The summed E-state index contributed by atoms with van der Waals surface area (Å²) in [5, 5.41) is 1.79. The topological polar surface area (TPSA) is 69.4 Å². The van der Waals surface area contributed by atoms with E-state index in [2.05, 4.69) is 4.98 Å². The van der Waals surface area contributed by atoms with Crippen molar-refractivity contribution in [1.82, 2.24) is 14.1 Å². The highest BCUT2D eigenvalue weighted by atomic mass is 16.5. The van der Waals surface area contributed by atoms with Crippen LogP contribution in [0.25, 0.3) is 16.5 Å². The molecule has 0 atom stereocenters. The first kappa shape index (κ1) is 17.2. The van der Waals surface area contributed by atoms with Gasteiger partial charge in [0.05, 0.1) is 12.8 Å². The molecule has 3 aromatic carbocycles. The standard InChI is InChI=1S/C22H18N4O3/c1-29-17-11-9-16(10-12-17)24-13-14-25-20(24)23-21(27)26(22(25)28)19-8-4-6-15-5-2-3-7-18(15)19/h2-12H,13-14H2,1H3. The maximum atomic E-state index is 13.2. The maximum absolute atomic E-state index is 13.2. The van der Waals surface area contributed by atoms with Gasteiger partial charge in [-0.25, -0.2) is 14.2 Å². The molecule has 0 N–H and O–H groups in total. The second kappa shape index (κ2) is 6.63. The molecule has 29 heavy (non-hydrogen) atoms. The Hall–Kier alpha value is -3.87. The fourth-order valence-electron chi connectivity index (χ4n) is 3.80. The van der Waals surface area contributed by atoms with E-state index in [1.54, 1.807) is 17.7 Å². The Morgan fingerprint density at radius 3 is 2.45 bits per heavy atom. The van der Waals surface area contributed by atoms with Gasteiger partial charge in [-0.15, -0.1) is 0 Å². The number of rotatable bonds is 3. The highest BCUT2D eigenvalue weighted by molar-refractivity contribution is 5.90. The van der Waals surface area contributed by atoms with Crippen molar-refractivity contribution in [1.29, 1.82) is 0 Å². The highest BCUT2D eigenvalue weighted by Crippen LogP contribution is 2.28. The summed E-state index contributed by atoms with van der Waals surface area (Å²) < 4.78 is 7.90. The second-order valence-corrected chi connectivity index (χ2v) is 6.81. The predicted octanol–water partition coefficient (Wildman–Crippen LogP) is 2.71. The number of aromatic nitrogens is 3. The average Bonchev–Trinajstić information content (AvgIpc) is 3.18. The Morgan fingerprint density at radius 1 is 0.897 bits per heavy atom. The molecule has 0 amide bonds. The fourth-order valence-corrected chi connectivity index (χ4v) is 3.80. The third kappa shape index (κ3) is 2.70. The van der Waals surface area contributed by atoms with Crippen molar-refractivity contribution in [3.63, 3.8) is 0 Å². The lowest BCUT2D eigenvalue weighted by molar-refractivity contribution is 0.415. The molecule has 0 unspecified atom stereocenters. The van der Waals surface area contributed by atoms with Crippen LogP contribution >= 0.6 is 0 Å². The van der Waals surface area contributed by atoms with Crippen molar-refractivity contribution in [2.75, 3.05) is 18.6 Å². The van der Waals surface area contributed by atoms with Crippen LogP contribution in [0.5, 0.6) is 5.75 Å². The van der Waals surface area contributed by atoms with E-state index in [1.807, 2.05) is 65.6 Å². The smallest absolute Gasteiger partial charge is 0.359 e. The molecular formula is C22H18N4O3. The van der Waals surface area contributed by atoms with Crippen LogP contribution in [0.2, 0.25) is 0 Å². The Morgan fingerprint density at radius 2 is 1.66 bits per heavy atom. The van der Waals surface area contributed by atoms with E-state index < -0.39 is 5.69 Å². The van der Waals surface area contributed by atoms with Crippen molar-refractivity contribution in [3.8, 4) is 11.4 Å². The van der Waals surface area contributed by atoms with E-state index in [0.717, 1.165) is 26.8 Å². The first-order chi connectivity index (χ1) is 14.2. The number of ether oxygens (including phenoxy) is 1. The minimum absolute atomic E-state index is 0.363. The normalized spacial score (nSPS) is 12.9. The fraction of sp³-hybridized carbons (Fsp3) is 0.136. The van der Waals surface area contributed by atoms with Crippen LogP contribution in [0.4, 0.5) is 11.6 Å². The molecular weight excluding hydrogens is 368 g/mol. The highest BCUT2D eigenvalue weighted by Gasteiger charge is 2.26. The number of nitrogens with zero attached hydrogens (tertiary/aromatic N) is 4. The zero-order valence-electron chi connectivity index (χ0n) is 15.8. The van der Waals surface area contributed by atoms with Crippen molar-refractivity contribution in [2.24, 2.45) is 0 Å². The van der Waals surface area contributed by atoms with Crippen molar-refractivity contribution >= 4 is 22.4 Å². The molecule has 4 aromatic rings. The summed E-state index contributed by atoms with van der Waals surface area (Å²) in [6.45, 7) is 1.02. The van der Waals surface area contributed by atoms with Gasteiger partial charge in [-0.3, -0.25) is 4.57 Å². The molecule has 0 fully saturated rings. The Labute approximate surface area is 166 Å². The molecule has 0 spiro atoms. The number of hydrogen-bond acceptors (Lipinski definition) is 5. The predicted molar refractivity (Wildman–Crippen MR) is 112 cm³/mol. The number of fused-ring (bicyclic) bond motifs is 2. The van der Waals surface area contributed by atoms with Gasteiger partial charge >= 0.3 is 11.4 Å². The zero-order chi connectivity index (χ0) is 20.0. The summed E-state index contributed by atoms with van der Waals surface area (Å²) in [5.41, 5.74) is 0.431. The second-order valence-electron chi connectivity index (χ2n) is 6.81. The van der Waals surface area contributed by atoms with E-state index >= 15 is 0 Å². The molecule has 7 nitrogen and oxygen atoms in total. The maximum Gasteiger partial charge on any atom is 0.359 e. The van der Waals surface area contributed by atoms with E-state index in [-0.39, 0.29) is 5.69 Å². The van der Waals surface area contributed by atoms with E-state index in [4.69, 9.17) is 4.74 Å². The summed E-state index contributed by atoms with van der Waals surface area (Å²) >= 11 is 0. The molecule has 1 aromatic heterocycles. The number of benzene rings is 3. The van der Waals surface area contributed by atoms with Gasteiger partial charge in [-0.2, -0.15) is 4.98 Å². The lowest BCUT2D eigenvalue weighted by Gasteiger charge is -2.18. The monoisotopic (exact) mass is 386 g/mol. The van der Waals surface area contributed by atoms with Gasteiger partial charge in [-0.1, -0.05) is 36.4 Å². The molecule has 144 valence electrons. The van der Waals surface area contributed by atoms with Crippen LogP contribution < -0.4 is 21.0 Å². The van der Waals surface area contributed by atoms with E-state index in [1.165, 1.54) is 0 Å². The van der Waals surface area contributed by atoms with Crippen LogP contribution in [0.15, 0.2) is 76.3 Å². The number of anilines is 2. The molecule has 0 saturated carbocycles. The Bertz CT molecular complexity index is 1330. The molecule has 0 aliphatic carbocycles. The van der Waals surface area contributed by atoms with Gasteiger partial charge < -0.3 is 9.64 Å². The van der Waals surface area contributed by atoms with Crippen molar-refractivity contribution < 1.29 is 4.74 Å². The van der Waals surface area contributed by atoms with Gasteiger partial charge in [0.2, 0.25) is 5.95 Å². The molecule has 7 heteroatoms. The van der Waals surface area contributed by atoms with Gasteiger partial charge in [0.1, 0.15) is 5.75 Å². The summed E-state index contributed by atoms with van der Waals surface area (Å²) in [5.74, 6) is 1.10. The SMILES string of the molecule is COc1ccc(N2CCn3c2nc(=O)n(-c2cccc4ccccc24)c3=O)cc1. The quantitative estimate of drug-likeness (QED) is 0.542. The third-order valence-corrected chi connectivity index (χ3v) is 5.23. The van der Waals surface area contributed by atoms with Gasteiger partial charge in [0.15, 0.2) is 0 Å². The van der Waals surface area contributed by atoms with Crippen LogP contribution in [0.1, 0.15) is 0 Å². The number of hydrogen-bond donors (Lipinski definition) is 0. The lowest BCUT2D eigenvalue weighted by atomic mass is 10.1. The lowest BCUT2D eigenvalue weighted by Crippen LogP contribution is -2.40. The van der Waals surface area contributed by atoms with Gasteiger partial charge in [-0.05, 0) is 35.7 Å². The Balaban J connectivity index is 1.67. The summed E-state index contributed by atoms with van der Waals surface area (Å²) in [7, 11) is 1.61. The third-order valence-electron chi connectivity index (χ3n) is 5.23. The summed E-state index contributed by atoms with van der Waals surface area (Å²) in [6, 6.07) is 20.7. The Kier molecular flexibility index (Phi) is 3.94. The first-order valence-corrected chi connectivity index (χ1v) is 9.31. The summed E-state index contributed by atoms with van der Waals surface area (Å²) in [6.07, 6.45) is 0. The van der Waals surface area contributed by atoms with Crippen LogP contribution in [0.3, 0.4) is 0 Å². The molecule has 1 aliphatic heterocycles. The van der Waals surface area contributed by atoms with Crippen LogP contribution in [0, 0.1) is 0 Å². The zero-order valence-corrected chi connectivity index (χ0v) is 15.8. The first-order valence-electron chi connectivity index (χ1n) is 9.31. The summed E-state index contributed by atoms with van der Waals surface area (Å²) in [4.78, 5) is 32.3. The minimum Gasteiger partial charge on any atom is -0.497 e. The van der Waals surface area contributed by atoms with Gasteiger partial charge in [0.25, 0.3) is 0 Å². The average molecular weight is 386 g/mol. The van der Waals surface area contributed by atoms with Crippen LogP contribution in [-0.4, -0.2) is 27.8 Å². The molecule has 5 rings (SSSR count). The minimum atomic E-state index is -0.585. The van der Waals surface area contributed by atoms with Crippen molar-refractivity contribution in [2.45, 2.75) is 6.54 Å².